The van der Waals surface area contributed by atoms with Crippen molar-refractivity contribution in [2.45, 2.75) is 19.9 Å². The van der Waals surface area contributed by atoms with Gasteiger partial charge in [0, 0.05) is 37.0 Å². The minimum atomic E-state index is 0.560. The Balaban J connectivity index is 1.36. The van der Waals surface area contributed by atoms with E-state index in [9.17, 15) is 0 Å². The van der Waals surface area contributed by atoms with Crippen LogP contribution < -0.4 is 4.90 Å². The van der Waals surface area contributed by atoms with Gasteiger partial charge in [0.25, 0.3) is 0 Å². The molecule has 6 rings (SSSR count). The first kappa shape index (κ1) is 18.3. The van der Waals surface area contributed by atoms with Crippen molar-refractivity contribution in [1.29, 1.82) is 0 Å². The lowest BCUT2D eigenvalue weighted by atomic mass is 10.1. The third kappa shape index (κ3) is 3.61. The highest BCUT2D eigenvalue weighted by atomic mass is 15.4. The molecule has 2 aromatic carbocycles. The molecule has 0 amide bonds. The van der Waals surface area contributed by atoms with E-state index >= 15 is 0 Å². The molecule has 2 aliphatic rings. The van der Waals surface area contributed by atoms with Crippen molar-refractivity contribution in [3.8, 4) is 11.3 Å². The molecule has 0 N–H and O–H groups in total. The van der Waals surface area contributed by atoms with Crippen LogP contribution in [0.1, 0.15) is 23.2 Å². The lowest BCUT2D eigenvalue weighted by molar-refractivity contribution is 0.769. The Morgan fingerprint density at radius 1 is 1.00 bits per heavy atom. The fraction of sp³-hybridized carbons (Fsp3) is 0.269. The van der Waals surface area contributed by atoms with E-state index in [0.29, 0.717) is 6.54 Å². The second kappa shape index (κ2) is 7.34. The number of aromatic nitrogens is 3. The van der Waals surface area contributed by atoms with Crippen LogP contribution in [0.3, 0.4) is 0 Å². The first-order chi connectivity index (χ1) is 15.2. The summed E-state index contributed by atoms with van der Waals surface area (Å²) in [7, 11) is 0. The molecule has 1 aliphatic heterocycles. The van der Waals surface area contributed by atoms with Gasteiger partial charge >= 0.3 is 0 Å². The quantitative estimate of drug-likeness (QED) is 0.447. The third-order valence-electron chi connectivity index (χ3n) is 6.37. The summed E-state index contributed by atoms with van der Waals surface area (Å²) in [5.74, 6) is 2.85. The Bertz CT molecular complexity index is 1260. The standard InChI is InChI=1S/C26H25N5/c1-18-6-5-7-19(10-18)14-27-15-23-12-26(30-16-21-11-22(21)17-30)31-25(28-23)13-24(29-31)20-8-3-2-4-9-20/h2-10,12-14,21-22H,11,15-17H2,1H3. The average molecular weight is 408 g/mol. The third-order valence-corrected chi connectivity index (χ3v) is 6.37. The number of aliphatic imine (C=N–C) groups is 1. The largest absolute Gasteiger partial charge is 0.356 e. The molecule has 2 aromatic heterocycles. The van der Waals surface area contributed by atoms with Crippen LogP contribution in [0.15, 0.2) is 71.7 Å². The van der Waals surface area contributed by atoms with E-state index < -0.39 is 0 Å². The predicted octanol–water partition coefficient (Wildman–Crippen LogP) is 4.78. The van der Waals surface area contributed by atoms with Crippen molar-refractivity contribution in [2.75, 3.05) is 18.0 Å². The summed E-state index contributed by atoms with van der Waals surface area (Å²) in [5.41, 5.74) is 6.30. The number of hydrogen-bond acceptors (Lipinski definition) is 4. The highest BCUT2D eigenvalue weighted by Crippen LogP contribution is 2.46. The van der Waals surface area contributed by atoms with Gasteiger partial charge in [-0.15, -0.1) is 0 Å². The molecule has 0 bridgehead atoms. The van der Waals surface area contributed by atoms with Crippen molar-refractivity contribution in [2.24, 2.45) is 16.8 Å². The average Bonchev–Trinajstić information content (AvgIpc) is 3.19. The molecule has 4 aromatic rings. The maximum absolute atomic E-state index is 4.92. The molecule has 0 spiro atoms. The Hall–Kier alpha value is -3.47. The van der Waals surface area contributed by atoms with Gasteiger partial charge in [0.2, 0.25) is 0 Å². The summed E-state index contributed by atoms with van der Waals surface area (Å²) >= 11 is 0. The van der Waals surface area contributed by atoms with Gasteiger partial charge in [0.1, 0.15) is 5.82 Å². The van der Waals surface area contributed by atoms with Gasteiger partial charge < -0.3 is 4.90 Å². The first-order valence-electron chi connectivity index (χ1n) is 11.0. The molecule has 5 heteroatoms. The van der Waals surface area contributed by atoms with E-state index in [1.807, 2.05) is 28.9 Å². The van der Waals surface area contributed by atoms with Gasteiger partial charge in [0.15, 0.2) is 5.65 Å². The second-order valence-corrected chi connectivity index (χ2v) is 8.82. The molecule has 1 aliphatic carbocycles. The van der Waals surface area contributed by atoms with Crippen LogP contribution in [0.5, 0.6) is 0 Å². The minimum absolute atomic E-state index is 0.560. The van der Waals surface area contributed by atoms with E-state index in [-0.39, 0.29) is 0 Å². The monoisotopic (exact) mass is 407 g/mol. The van der Waals surface area contributed by atoms with Crippen LogP contribution in [-0.4, -0.2) is 33.9 Å². The van der Waals surface area contributed by atoms with Gasteiger partial charge in [-0.1, -0.05) is 60.2 Å². The van der Waals surface area contributed by atoms with Crippen LogP contribution in [0.25, 0.3) is 16.9 Å². The summed E-state index contributed by atoms with van der Waals surface area (Å²) in [6, 6.07) is 23.0. The maximum atomic E-state index is 4.92. The maximum Gasteiger partial charge on any atom is 0.158 e. The van der Waals surface area contributed by atoms with E-state index in [0.717, 1.165) is 58.9 Å². The van der Waals surface area contributed by atoms with Crippen molar-refractivity contribution in [3.05, 3.63) is 83.6 Å². The van der Waals surface area contributed by atoms with Crippen LogP contribution >= 0.6 is 0 Å². The Morgan fingerprint density at radius 3 is 2.65 bits per heavy atom. The number of hydrogen-bond donors (Lipinski definition) is 0. The predicted molar refractivity (Wildman–Crippen MR) is 125 cm³/mol. The molecule has 1 saturated heterocycles. The highest BCUT2D eigenvalue weighted by molar-refractivity contribution is 5.79. The zero-order chi connectivity index (χ0) is 20.8. The number of aryl methyl sites for hydroxylation is 1. The number of rotatable bonds is 5. The molecule has 5 nitrogen and oxygen atoms in total. The smallest absolute Gasteiger partial charge is 0.158 e. The van der Waals surface area contributed by atoms with Gasteiger partial charge in [-0.2, -0.15) is 9.61 Å². The van der Waals surface area contributed by atoms with Crippen molar-refractivity contribution < 1.29 is 0 Å². The van der Waals surface area contributed by atoms with Crippen molar-refractivity contribution >= 4 is 17.7 Å². The highest BCUT2D eigenvalue weighted by Gasteiger charge is 2.45. The fourth-order valence-electron chi connectivity index (χ4n) is 4.65. The lowest BCUT2D eigenvalue weighted by Gasteiger charge is -2.21. The second-order valence-electron chi connectivity index (χ2n) is 8.82. The summed E-state index contributed by atoms with van der Waals surface area (Å²) < 4.78 is 2.01. The van der Waals surface area contributed by atoms with Gasteiger partial charge in [-0.25, -0.2) is 4.98 Å². The van der Waals surface area contributed by atoms with Crippen LogP contribution in [0.2, 0.25) is 0 Å². The van der Waals surface area contributed by atoms with Crippen LogP contribution in [-0.2, 0) is 6.54 Å². The van der Waals surface area contributed by atoms with E-state index in [1.165, 1.54) is 12.0 Å². The zero-order valence-corrected chi connectivity index (χ0v) is 17.6. The minimum Gasteiger partial charge on any atom is -0.356 e. The van der Waals surface area contributed by atoms with E-state index in [1.54, 1.807) is 0 Å². The number of piperidine rings is 1. The lowest BCUT2D eigenvalue weighted by Crippen LogP contribution is -2.25. The number of benzene rings is 2. The van der Waals surface area contributed by atoms with Crippen LogP contribution in [0, 0.1) is 18.8 Å². The van der Waals surface area contributed by atoms with Crippen molar-refractivity contribution in [3.63, 3.8) is 0 Å². The Morgan fingerprint density at radius 2 is 1.84 bits per heavy atom. The van der Waals surface area contributed by atoms with Gasteiger partial charge in [0.05, 0.1) is 17.9 Å². The number of nitrogens with zero attached hydrogens (tertiary/aromatic N) is 5. The van der Waals surface area contributed by atoms with E-state index in [4.69, 9.17) is 10.1 Å². The molecule has 3 heterocycles. The Kier molecular flexibility index (Phi) is 4.34. The Labute approximate surface area is 182 Å². The summed E-state index contributed by atoms with van der Waals surface area (Å²) in [6.45, 7) is 4.90. The van der Waals surface area contributed by atoms with E-state index in [2.05, 4.69) is 65.3 Å². The molecule has 2 unspecified atom stereocenters. The number of fused-ring (bicyclic) bond motifs is 2. The van der Waals surface area contributed by atoms with Crippen LogP contribution in [0.4, 0.5) is 5.82 Å². The van der Waals surface area contributed by atoms with Gasteiger partial charge in [-0.05, 0) is 30.7 Å². The molecule has 0 radical (unpaired) electrons. The molecular weight excluding hydrogens is 382 g/mol. The molecule has 1 saturated carbocycles. The summed E-state index contributed by atoms with van der Waals surface area (Å²) in [5, 5.41) is 4.92. The molecular formula is C26H25N5. The molecule has 2 atom stereocenters. The van der Waals surface area contributed by atoms with Crippen molar-refractivity contribution in [1.82, 2.24) is 14.6 Å². The normalized spacial score (nSPS) is 20.0. The SMILES string of the molecule is Cc1cccc(C=NCc2cc(N3CC4CC4C3)n3nc(-c4ccccc4)cc3n2)c1. The zero-order valence-electron chi connectivity index (χ0n) is 17.6. The topological polar surface area (TPSA) is 45.8 Å². The number of anilines is 1. The first-order valence-corrected chi connectivity index (χ1v) is 11.0. The fourth-order valence-corrected chi connectivity index (χ4v) is 4.65. The molecule has 2 fully saturated rings. The van der Waals surface area contributed by atoms with Gasteiger partial charge in [-0.3, -0.25) is 4.99 Å². The summed E-state index contributed by atoms with van der Waals surface area (Å²) in [6.07, 6.45) is 3.32. The summed E-state index contributed by atoms with van der Waals surface area (Å²) in [4.78, 5) is 12.0. The molecule has 31 heavy (non-hydrogen) atoms. The molecule has 154 valence electrons.